The molecule has 152 valence electrons. The number of rotatable bonds is 7. The quantitative estimate of drug-likeness (QED) is 0.555. The van der Waals surface area contributed by atoms with Crippen molar-refractivity contribution in [3.63, 3.8) is 0 Å². The molecule has 0 radical (unpaired) electrons. The number of methoxy groups -OCH3 is 2. The first-order valence-electron chi connectivity index (χ1n) is 9.17. The van der Waals surface area contributed by atoms with Gasteiger partial charge in [0.2, 0.25) is 11.2 Å². The lowest BCUT2D eigenvalue weighted by Crippen LogP contribution is -2.15. The molecule has 0 aliphatic heterocycles. The first-order valence-corrected chi connectivity index (χ1v) is 9.17. The highest BCUT2D eigenvalue weighted by Crippen LogP contribution is 2.34. The molecule has 0 aliphatic rings. The lowest BCUT2D eigenvalue weighted by molar-refractivity contribution is 0.0492. The van der Waals surface area contributed by atoms with Crippen molar-refractivity contribution < 1.29 is 28.2 Å². The summed E-state index contributed by atoms with van der Waals surface area (Å²) >= 11 is 0. The molecule has 0 amide bonds. The van der Waals surface area contributed by atoms with E-state index < -0.39 is 5.97 Å². The lowest BCUT2D eigenvalue weighted by atomic mass is 10.0. The zero-order valence-electron chi connectivity index (χ0n) is 16.7. The van der Waals surface area contributed by atoms with Gasteiger partial charge in [-0.15, -0.1) is 0 Å². The highest BCUT2D eigenvalue weighted by atomic mass is 16.5. The van der Waals surface area contributed by atoms with Crippen molar-refractivity contribution >= 4 is 16.9 Å². The van der Waals surface area contributed by atoms with E-state index in [-0.39, 0.29) is 28.9 Å². The molecule has 1 aromatic heterocycles. The average Bonchev–Trinajstić information content (AvgIpc) is 2.73. The fraction of sp³-hybridized carbons (Fsp3) is 0.273. The fourth-order valence-corrected chi connectivity index (χ4v) is 3.02. The van der Waals surface area contributed by atoms with Crippen LogP contribution in [0.2, 0.25) is 0 Å². The van der Waals surface area contributed by atoms with Gasteiger partial charge in [-0.1, -0.05) is 6.07 Å². The summed E-state index contributed by atoms with van der Waals surface area (Å²) in [7, 11) is 3.01. The summed E-state index contributed by atoms with van der Waals surface area (Å²) in [6.07, 6.45) is 0. The summed E-state index contributed by atoms with van der Waals surface area (Å²) in [6.45, 7) is 4.14. The molecule has 1 heterocycles. The van der Waals surface area contributed by atoms with Crippen LogP contribution in [0.4, 0.5) is 0 Å². The Morgan fingerprint density at radius 3 is 2.38 bits per heavy atom. The van der Waals surface area contributed by atoms with Crippen LogP contribution in [0.5, 0.6) is 17.2 Å². The largest absolute Gasteiger partial charge is 0.494 e. The van der Waals surface area contributed by atoms with Crippen LogP contribution in [0.25, 0.3) is 22.1 Å². The molecule has 0 N–H and O–H groups in total. The number of carbonyl (C=O) groups is 1. The first kappa shape index (κ1) is 20.3. The Balaban J connectivity index is 2.30. The van der Waals surface area contributed by atoms with Crippen LogP contribution in [-0.4, -0.2) is 33.4 Å². The second-order valence-corrected chi connectivity index (χ2v) is 6.02. The van der Waals surface area contributed by atoms with Gasteiger partial charge in [0.25, 0.3) is 0 Å². The second-order valence-electron chi connectivity index (χ2n) is 6.02. The first-order chi connectivity index (χ1) is 14.0. The molecule has 0 fully saturated rings. The normalized spacial score (nSPS) is 10.6. The van der Waals surface area contributed by atoms with E-state index in [0.717, 1.165) is 0 Å². The summed E-state index contributed by atoms with van der Waals surface area (Å²) in [5.74, 6) is 0.562. The molecule has 7 heteroatoms. The van der Waals surface area contributed by atoms with Gasteiger partial charge < -0.3 is 23.4 Å². The number of hydrogen-bond donors (Lipinski definition) is 0. The van der Waals surface area contributed by atoms with Crippen molar-refractivity contribution in [1.82, 2.24) is 0 Å². The number of benzene rings is 2. The molecule has 0 unspecified atom stereocenters. The van der Waals surface area contributed by atoms with Crippen LogP contribution >= 0.6 is 0 Å². The van der Waals surface area contributed by atoms with E-state index >= 15 is 0 Å². The summed E-state index contributed by atoms with van der Waals surface area (Å²) in [4.78, 5) is 25.9. The molecular formula is C22H22O7. The van der Waals surface area contributed by atoms with Crippen LogP contribution in [0.15, 0.2) is 45.6 Å². The maximum Gasteiger partial charge on any atom is 0.375 e. The van der Waals surface area contributed by atoms with Crippen molar-refractivity contribution in [1.29, 1.82) is 0 Å². The molecule has 0 saturated heterocycles. The molecule has 0 saturated carbocycles. The summed E-state index contributed by atoms with van der Waals surface area (Å²) in [6, 6.07) is 9.83. The molecule has 0 spiro atoms. The molecule has 0 aliphatic carbocycles. The van der Waals surface area contributed by atoms with Crippen molar-refractivity contribution in [2.45, 2.75) is 13.8 Å². The third kappa shape index (κ3) is 3.89. The van der Waals surface area contributed by atoms with E-state index in [0.29, 0.717) is 34.8 Å². The van der Waals surface area contributed by atoms with E-state index in [2.05, 4.69) is 0 Å². The predicted molar refractivity (Wildman–Crippen MR) is 108 cm³/mol. The van der Waals surface area contributed by atoms with E-state index in [1.807, 2.05) is 6.92 Å². The SMILES string of the molecule is CCOC(=O)c1oc2cc(OCC)ccc2c(=O)c1-c1ccc(OC)c(OC)c1. The topological polar surface area (TPSA) is 84.2 Å². The minimum absolute atomic E-state index is 0.0982. The van der Waals surface area contributed by atoms with Crippen LogP contribution < -0.4 is 19.6 Å². The van der Waals surface area contributed by atoms with Gasteiger partial charge in [-0.2, -0.15) is 0 Å². The van der Waals surface area contributed by atoms with E-state index in [9.17, 15) is 9.59 Å². The van der Waals surface area contributed by atoms with Crippen LogP contribution in [0.1, 0.15) is 24.4 Å². The van der Waals surface area contributed by atoms with E-state index in [4.69, 9.17) is 23.4 Å². The van der Waals surface area contributed by atoms with E-state index in [1.54, 1.807) is 43.3 Å². The van der Waals surface area contributed by atoms with Crippen molar-refractivity contribution in [3.05, 3.63) is 52.4 Å². The van der Waals surface area contributed by atoms with Gasteiger partial charge in [-0.3, -0.25) is 4.79 Å². The number of hydrogen-bond acceptors (Lipinski definition) is 7. The minimum Gasteiger partial charge on any atom is -0.494 e. The Morgan fingerprint density at radius 1 is 0.966 bits per heavy atom. The van der Waals surface area contributed by atoms with Gasteiger partial charge in [0.1, 0.15) is 11.3 Å². The number of carbonyl (C=O) groups excluding carboxylic acids is 1. The van der Waals surface area contributed by atoms with Crippen LogP contribution in [-0.2, 0) is 4.74 Å². The predicted octanol–water partition coefficient (Wildman–Crippen LogP) is 4.05. The smallest absolute Gasteiger partial charge is 0.375 e. The lowest BCUT2D eigenvalue weighted by Gasteiger charge is -2.13. The Bertz CT molecular complexity index is 1100. The standard InChI is InChI=1S/C22H22O7/c1-5-27-14-8-9-15-17(12-14)29-21(22(24)28-6-2)19(20(15)23)13-7-10-16(25-3)18(11-13)26-4/h7-12H,5-6H2,1-4H3. The highest BCUT2D eigenvalue weighted by molar-refractivity contribution is 5.98. The number of fused-ring (bicyclic) bond motifs is 1. The van der Waals surface area contributed by atoms with Crippen molar-refractivity contribution in [3.8, 4) is 28.4 Å². The number of ether oxygens (including phenoxy) is 4. The molecule has 2 aromatic carbocycles. The minimum atomic E-state index is -0.724. The van der Waals surface area contributed by atoms with Crippen LogP contribution in [0.3, 0.4) is 0 Å². The third-order valence-electron chi connectivity index (χ3n) is 4.31. The molecular weight excluding hydrogens is 376 g/mol. The van der Waals surface area contributed by atoms with Crippen LogP contribution in [0, 0.1) is 0 Å². The Labute approximate surface area is 167 Å². The highest BCUT2D eigenvalue weighted by Gasteiger charge is 2.24. The third-order valence-corrected chi connectivity index (χ3v) is 4.31. The van der Waals surface area contributed by atoms with Gasteiger partial charge in [-0.05, 0) is 43.7 Å². The zero-order chi connectivity index (χ0) is 21.0. The van der Waals surface area contributed by atoms with Gasteiger partial charge in [0.15, 0.2) is 11.5 Å². The van der Waals surface area contributed by atoms with Gasteiger partial charge >= 0.3 is 5.97 Å². The molecule has 0 bridgehead atoms. The van der Waals surface area contributed by atoms with Gasteiger partial charge in [0, 0.05) is 6.07 Å². The Kier molecular flexibility index (Phi) is 6.07. The molecule has 7 nitrogen and oxygen atoms in total. The molecule has 3 aromatic rings. The maximum absolute atomic E-state index is 13.3. The van der Waals surface area contributed by atoms with Crippen molar-refractivity contribution in [2.24, 2.45) is 0 Å². The van der Waals surface area contributed by atoms with Crippen molar-refractivity contribution in [2.75, 3.05) is 27.4 Å². The summed E-state index contributed by atoms with van der Waals surface area (Å²) in [5.41, 5.74) is 0.439. The summed E-state index contributed by atoms with van der Waals surface area (Å²) < 4.78 is 27.0. The Morgan fingerprint density at radius 2 is 1.72 bits per heavy atom. The molecule has 3 rings (SSSR count). The maximum atomic E-state index is 13.3. The van der Waals surface area contributed by atoms with Gasteiger partial charge in [-0.25, -0.2) is 4.79 Å². The zero-order valence-corrected chi connectivity index (χ0v) is 16.7. The van der Waals surface area contributed by atoms with E-state index in [1.165, 1.54) is 14.2 Å². The number of esters is 1. The fourth-order valence-electron chi connectivity index (χ4n) is 3.02. The molecule has 0 atom stereocenters. The summed E-state index contributed by atoms with van der Waals surface area (Å²) in [5, 5.41) is 0.325. The average molecular weight is 398 g/mol. The monoisotopic (exact) mass is 398 g/mol. The second kappa shape index (κ2) is 8.68. The molecule has 29 heavy (non-hydrogen) atoms. The van der Waals surface area contributed by atoms with Gasteiger partial charge in [0.05, 0.1) is 38.4 Å². The Hall–Kier alpha value is -3.48.